The molecule has 0 bridgehead atoms. The van der Waals surface area contributed by atoms with Gasteiger partial charge in [0.05, 0.1) is 11.4 Å². The Hall–Kier alpha value is -3.33. The Morgan fingerprint density at radius 3 is 2.59 bits per heavy atom. The van der Waals surface area contributed by atoms with Crippen molar-refractivity contribution in [2.75, 3.05) is 4.90 Å². The number of nitrogens with zero attached hydrogens (tertiary/aromatic N) is 4. The molecule has 2 heterocycles. The number of pyridine rings is 1. The van der Waals surface area contributed by atoms with Gasteiger partial charge < -0.3 is 14.9 Å². The number of aryl methyl sites for hydroxylation is 3. The van der Waals surface area contributed by atoms with Crippen LogP contribution in [0.4, 0.5) is 16.6 Å². The minimum Gasteiger partial charge on any atom is -0.479 e. The molecule has 0 aliphatic heterocycles. The van der Waals surface area contributed by atoms with E-state index >= 15 is 0 Å². The van der Waals surface area contributed by atoms with Crippen LogP contribution in [-0.4, -0.2) is 20.8 Å². The third-order valence-electron chi connectivity index (χ3n) is 4.32. The van der Waals surface area contributed by atoms with E-state index in [2.05, 4.69) is 9.97 Å². The summed E-state index contributed by atoms with van der Waals surface area (Å²) < 4.78 is 5.57. The van der Waals surface area contributed by atoms with Crippen LogP contribution >= 0.6 is 11.3 Å². The van der Waals surface area contributed by atoms with Gasteiger partial charge in [0.2, 0.25) is 11.7 Å². The third-order valence-corrected chi connectivity index (χ3v) is 5.20. The first-order valence-corrected chi connectivity index (χ1v) is 9.71. The Morgan fingerprint density at radius 2 is 1.93 bits per heavy atom. The molecule has 0 spiro atoms. The lowest BCUT2D eigenvalue weighted by molar-refractivity contribution is -0.390. The minimum absolute atomic E-state index is 0.0285. The fraction of sp³-hybridized carbons (Fsp3) is 0.250. The molecule has 0 N–H and O–H groups in total. The lowest BCUT2D eigenvalue weighted by Crippen LogP contribution is -2.22. The molecule has 0 atom stereocenters. The molecule has 150 valence electrons. The molecule has 3 rings (SSSR count). The number of hydrogen-bond acceptors (Lipinski definition) is 7. The maximum atomic E-state index is 12.3. The number of nitro groups is 1. The van der Waals surface area contributed by atoms with Crippen molar-refractivity contribution in [1.82, 2.24) is 9.97 Å². The number of carbonyl (C=O) groups is 1. The number of carbonyl (C=O) groups excluding carboxylic acids is 1. The average molecular weight is 412 g/mol. The van der Waals surface area contributed by atoms with Gasteiger partial charge in [0.1, 0.15) is 12.3 Å². The Labute approximate surface area is 172 Å². The topological polar surface area (TPSA) is 98.5 Å². The molecule has 0 fully saturated rings. The highest BCUT2D eigenvalue weighted by molar-refractivity contribution is 7.14. The van der Waals surface area contributed by atoms with Gasteiger partial charge in [0, 0.05) is 19.2 Å². The SMILES string of the molecule is CC(=O)N(c1ccc(C)c(C)c1)c1nc(COc2ccc(C)nc2[N+](=O)[O-])cs1. The predicted octanol–water partition coefficient (Wildman–Crippen LogP) is 4.64. The molecule has 9 heteroatoms. The number of anilines is 2. The Balaban J connectivity index is 1.82. The maximum absolute atomic E-state index is 12.3. The van der Waals surface area contributed by atoms with Gasteiger partial charge in [-0.25, -0.2) is 4.98 Å². The third kappa shape index (κ3) is 4.57. The Morgan fingerprint density at radius 1 is 1.17 bits per heavy atom. The van der Waals surface area contributed by atoms with Crippen LogP contribution in [0.5, 0.6) is 5.75 Å². The zero-order valence-corrected chi connectivity index (χ0v) is 17.3. The first kappa shape index (κ1) is 20.4. The molecule has 0 saturated carbocycles. The number of rotatable bonds is 6. The van der Waals surface area contributed by atoms with Crippen LogP contribution in [0.15, 0.2) is 35.7 Å². The summed E-state index contributed by atoms with van der Waals surface area (Å²) in [4.78, 5) is 32.8. The van der Waals surface area contributed by atoms with Crippen molar-refractivity contribution in [2.24, 2.45) is 0 Å². The molecular formula is C20H20N4O4S. The van der Waals surface area contributed by atoms with Crippen LogP contribution in [0.3, 0.4) is 0 Å². The minimum atomic E-state index is -0.577. The maximum Gasteiger partial charge on any atom is 0.406 e. The summed E-state index contributed by atoms with van der Waals surface area (Å²) in [6, 6.07) is 8.94. The van der Waals surface area contributed by atoms with Crippen LogP contribution in [0.25, 0.3) is 0 Å². The number of aromatic nitrogens is 2. The van der Waals surface area contributed by atoms with E-state index in [9.17, 15) is 14.9 Å². The average Bonchev–Trinajstić information content (AvgIpc) is 3.11. The Bertz CT molecular complexity index is 1080. The van der Waals surface area contributed by atoms with Crippen LogP contribution in [0, 0.1) is 30.9 Å². The van der Waals surface area contributed by atoms with Gasteiger partial charge in [-0.15, -0.1) is 11.3 Å². The molecule has 0 aliphatic rings. The van der Waals surface area contributed by atoms with Crippen molar-refractivity contribution in [3.63, 3.8) is 0 Å². The summed E-state index contributed by atoms with van der Waals surface area (Å²) in [7, 11) is 0. The van der Waals surface area contributed by atoms with Crippen molar-refractivity contribution in [3.8, 4) is 5.75 Å². The molecule has 0 unspecified atom stereocenters. The summed E-state index contributed by atoms with van der Waals surface area (Å²) >= 11 is 1.30. The van der Waals surface area contributed by atoms with Gasteiger partial charge in [-0.05, 0) is 59.1 Å². The lowest BCUT2D eigenvalue weighted by Gasteiger charge is -2.19. The predicted molar refractivity (Wildman–Crippen MR) is 111 cm³/mol. The first-order chi connectivity index (χ1) is 13.8. The number of benzene rings is 1. The number of thiazole rings is 1. The molecule has 0 aliphatic carbocycles. The van der Waals surface area contributed by atoms with E-state index < -0.39 is 4.92 Å². The Kier molecular flexibility index (Phi) is 5.88. The molecule has 0 saturated heterocycles. The molecule has 1 amide bonds. The monoisotopic (exact) mass is 412 g/mol. The molecule has 29 heavy (non-hydrogen) atoms. The van der Waals surface area contributed by atoms with Crippen molar-refractivity contribution in [3.05, 3.63) is 68.3 Å². The van der Waals surface area contributed by atoms with Gasteiger partial charge in [0.15, 0.2) is 5.13 Å². The van der Waals surface area contributed by atoms with Gasteiger partial charge in [0.25, 0.3) is 0 Å². The summed E-state index contributed by atoms with van der Waals surface area (Å²) in [5.74, 6) is -0.415. The van der Waals surface area contributed by atoms with E-state index in [4.69, 9.17) is 4.74 Å². The van der Waals surface area contributed by atoms with Crippen molar-refractivity contribution in [1.29, 1.82) is 0 Å². The normalized spacial score (nSPS) is 10.6. The van der Waals surface area contributed by atoms with Gasteiger partial charge in [-0.2, -0.15) is 0 Å². The standard InChI is InChI=1S/C20H20N4O4S/c1-12-5-7-17(9-13(12)2)23(15(4)25)20-22-16(11-29-20)10-28-18-8-6-14(3)21-19(18)24(26)27/h5-9,11H,10H2,1-4H3. The largest absolute Gasteiger partial charge is 0.479 e. The first-order valence-electron chi connectivity index (χ1n) is 8.83. The molecular weight excluding hydrogens is 392 g/mol. The van der Waals surface area contributed by atoms with Crippen LogP contribution < -0.4 is 9.64 Å². The molecule has 0 radical (unpaired) electrons. The zero-order valence-electron chi connectivity index (χ0n) is 16.5. The van der Waals surface area contributed by atoms with E-state index in [-0.39, 0.29) is 24.1 Å². The quantitative estimate of drug-likeness (QED) is 0.432. The smallest absolute Gasteiger partial charge is 0.406 e. The molecule has 8 nitrogen and oxygen atoms in total. The van der Waals surface area contributed by atoms with E-state index in [1.165, 1.54) is 29.2 Å². The molecule has 1 aromatic carbocycles. The fourth-order valence-corrected chi connectivity index (χ4v) is 3.55. The number of amides is 1. The summed E-state index contributed by atoms with van der Waals surface area (Å²) in [5, 5.41) is 13.4. The number of hydrogen-bond donors (Lipinski definition) is 0. The van der Waals surface area contributed by atoms with Gasteiger partial charge in [-0.3, -0.25) is 9.69 Å². The number of ether oxygens (including phenoxy) is 1. The summed E-state index contributed by atoms with van der Waals surface area (Å²) in [6.45, 7) is 7.18. The van der Waals surface area contributed by atoms with E-state index in [1.807, 2.05) is 32.0 Å². The second-order valence-electron chi connectivity index (χ2n) is 6.56. The summed E-state index contributed by atoms with van der Waals surface area (Å²) in [6.07, 6.45) is 0. The van der Waals surface area contributed by atoms with Gasteiger partial charge >= 0.3 is 5.82 Å². The van der Waals surface area contributed by atoms with Crippen LogP contribution in [-0.2, 0) is 11.4 Å². The van der Waals surface area contributed by atoms with Crippen LogP contribution in [0.1, 0.15) is 29.4 Å². The van der Waals surface area contributed by atoms with E-state index in [1.54, 1.807) is 18.4 Å². The molecule has 3 aromatic rings. The van der Waals surface area contributed by atoms with Crippen molar-refractivity contribution >= 4 is 33.9 Å². The second-order valence-corrected chi connectivity index (χ2v) is 7.40. The lowest BCUT2D eigenvalue weighted by atomic mass is 10.1. The second kappa shape index (κ2) is 8.36. The van der Waals surface area contributed by atoms with Crippen LogP contribution in [0.2, 0.25) is 0 Å². The highest BCUT2D eigenvalue weighted by Gasteiger charge is 2.20. The zero-order chi connectivity index (χ0) is 21.1. The van der Waals surface area contributed by atoms with E-state index in [0.717, 1.165) is 16.8 Å². The fourth-order valence-electron chi connectivity index (χ4n) is 2.68. The van der Waals surface area contributed by atoms with Crippen molar-refractivity contribution in [2.45, 2.75) is 34.3 Å². The highest BCUT2D eigenvalue weighted by Crippen LogP contribution is 2.31. The highest BCUT2D eigenvalue weighted by atomic mass is 32.1. The summed E-state index contributed by atoms with van der Waals surface area (Å²) in [5.41, 5.74) is 4.05. The molecule has 2 aromatic heterocycles. The van der Waals surface area contributed by atoms with Crippen molar-refractivity contribution < 1.29 is 14.5 Å². The van der Waals surface area contributed by atoms with E-state index in [0.29, 0.717) is 16.5 Å². The van der Waals surface area contributed by atoms with Gasteiger partial charge in [-0.1, -0.05) is 6.07 Å².